The van der Waals surface area contributed by atoms with Crippen LogP contribution in [0, 0.1) is 18.2 Å². The van der Waals surface area contributed by atoms with Gasteiger partial charge >= 0.3 is 6.18 Å². The number of hydrogen-bond donors (Lipinski definition) is 3. The van der Waals surface area contributed by atoms with Crippen LogP contribution in [0.25, 0.3) is 6.08 Å². The lowest BCUT2D eigenvalue weighted by molar-refractivity contribution is -0.141. The Hall–Kier alpha value is -3.63. The minimum atomic E-state index is -4.61. The van der Waals surface area contributed by atoms with Crippen LogP contribution in [0.4, 0.5) is 29.1 Å². The molecule has 0 spiro atoms. The monoisotopic (exact) mass is 525 g/mol. The van der Waals surface area contributed by atoms with E-state index in [4.69, 9.17) is 6.42 Å². The van der Waals surface area contributed by atoms with Gasteiger partial charge in [-0.3, -0.25) is 9.52 Å². The van der Waals surface area contributed by atoms with Crippen molar-refractivity contribution in [2.24, 2.45) is 0 Å². The molecule has 2 heterocycles. The molecule has 1 fully saturated rings. The summed E-state index contributed by atoms with van der Waals surface area (Å²) in [5.74, 6) is 0.807. The minimum Gasteiger partial charge on any atom is -0.354 e. The summed E-state index contributed by atoms with van der Waals surface area (Å²) < 4.78 is 78.8. The van der Waals surface area contributed by atoms with Gasteiger partial charge in [0.05, 0.1) is 17.5 Å². The number of benzene rings is 1. The Morgan fingerprint density at radius 2 is 1.97 bits per heavy atom. The van der Waals surface area contributed by atoms with Crippen molar-refractivity contribution < 1.29 is 30.8 Å². The first-order chi connectivity index (χ1) is 16.9. The summed E-state index contributed by atoms with van der Waals surface area (Å²) in [5.41, 5.74) is -0.837. The van der Waals surface area contributed by atoms with Gasteiger partial charge in [-0.2, -0.15) is 13.2 Å². The average molecular weight is 526 g/mol. The smallest absolute Gasteiger partial charge is 0.354 e. The van der Waals surface area contributed by atoms with Gasteiger partial charge < -0.3 is 15.5 Å². The zero-order valence-corrected chi connectivity index (χ0v) is 19.9. The molecule has 3 rings (SSSR count). The van der Waals surface area contributed by atoms with Gasteiger partial charge in [0.15, 0.2) is 0 Å². The van der Waals surface area contributed by atoms with E-state index in [2.05, 4.69) is 21.5 Å². The maximum atomic E-state index is 14.4. The van der Waals surface area contributed by atoms with Gasteiger partial charge in [-0.15, -0.1) is 6.42 Å². The number of piperazine rings is 1. The summed E-state index contributed by atoms with van der Waals surface area (Å²) in [6.07, 6.45) is 4.09. The Balaban J connectivity index is 1.76. The first-order valence-electron chi connectivity index (χ1n) is 10.6. The lowest BCUT2D eigenvalue weighted by atomic mass is 10.1. The van der Waals surface area contributed by atoms with Crippen molar-refractivity contribution in [3.05, 3.63) is 58.5 Å². The Morgan fingerprint density at radius 1 is 1.28 bits per heavy atom. The number of pyridine rings is 1. The van der Waals surface area contributed by atoms with Gasteiger partial charge in [0.1, 0.15) is 17.3 Å². The maximum Gasteiger partial charge on any atom is 0.433 e. The number of sulfonamides is 1. The van der Waals surface area contributed by atoms with Crippen molar-refractivity contribution in [3.8, 4) is 12.3 Å². The Bertz CT molecular complexity index is 1310. The second-order valence-electron chi connectivity index (χ2n) is 7.91. The number of carbonyl (C=O) groups excluding carboxylic acids is 1. The van der Waals surface area contributed by atoms with Crippen molar-refractivity contribution >= 4 is 33.5 Å². The molecule has 192 valence electrons. The number of nitrogens with zero attached hydrogens (tertiary/aromatic N) is 2. The molecule has 0 bridgehead atoms. The molecular weight excluding hydrogens is 502 g/mol. The second-order valence-corrected chi connectivity index (χ2v) is 9.66. The maximum absolute atomic E-state index is 14.4. The van der Waals surface area contributed by atoms with Crippen molar-refractivity contribution in [2.45, 2.75) is 12.7 Å². The third kappa shape index (κ3) is 7.19. The number of alkyl halides is 3. The lowest BCUT2D eigenvalue weighted by Gasteiger charge is -2.30. The highest BCUT2D eigenvalue weighted by Crippen LogP contribution is 2.31. The third-order valence-corrected chi connectivity index (χ3v) is 5.66. The van der Waals surface area contributed by atoms with Crippen LogP contribution >= 0.6 is 0 Å². The molecule has 8 nitrogen and oxygen atoms in total. The van der Waals surface area contributed by atoms with Crippen LogP contribution in [0.15, 0.2) is 30.3 Å². The number of terminal acetylenes is 1. The van der Waals surface area contributed by atoms with Gasteiger partial charge in [-0.05, 0) is 35.9 Å². The van der Waals surface area contributed by atoms with Crippen molar-refractivity contribution in [1.29, 1.82) is 0 Å². The first-order valence-corrected chi connectivity index (χ1v) is 12.5. The van der Waals surface area contributed by atoms with Gasteiger partial charge in [-0.25, -0.2) is 17.8 Å². The normalized spacial score (nSPS) is 14.5. The van der Waals surface area contributed by atoms with Crippen molar-refractivity contribution in [1.82, 2.24) is 15.6 Å². The quantitative estimate of drug-likeness (QED) is 0.291. The van der Waals surface area contributed by atoms with Gasteiger partial charge in [0.25, 0.3) is 0 Å². The van der Waals surface area contributed by atoms with Crippen LogP contribution in [0.3, 0.4) is 0 Å². The molecule has 3 N–H and O–H groups in total. The molecule has 0 radical (unpaired) electrons. The number of carbonyl (C=O) groups is 1. The molecule has 2 aromatic rings. The summed E-state index contributed by atoms with van der Waals surface area (Å²) in [7, 11) is -3.77. The van der Waals surface area contributed by atoms with Gasteiger partial charge in [0, 0.05) is 44.4 Å². The largest absolute Gasteiger partial charge is 0.433 e. The topological polar surface area (TPSA) is 103 Å². The standard InChI is InChI=1S/C23H23F4N5O3S/c1-3-16-12-15(13-18(24)21(16)31-36(2,34)35)14-29-20(33)7-5-17-4-6-19(23(25,26)27)30-22(17)32-10-8-28-9-11-32/h1,4-7,12-13,28,31H,8-11,14H2,2H3,(H,29,33)/b7-5+. The number of hydrogen-bond acceptors (Lipinski definition) is 6. The van der Waals surface area contributed by atoms with E-state index in [9.17, 15) is 30.8 Å². The van der Waals surface area contributed by atoms with Crippen LogP contribution in [0.2, 0.25) is 0 Å². The number of rotatable bonds is 7. The number of halogens is 4. The molecular formula is C23H23F4N5O3S. The summed E-state index contributed by atoms with van der Waals surface area (Å²) >= 11 is 0. The summed E-state index contributed by atoms with van der Waals surface area (Å²) in [5, 5.41) is 5.64. The second kappa shape index (κ2) is 11.0. The highest BCUT2D eigenvalue weighted by Gasteiger charge is 2.33. The van der Waals surface area contributed by atoms with E-state index in [0.29, 0.717) is 31.7 Å². The van der Waals surface area contributed by atoms with Crippen LogP contribution in [0.5, 0.6) is 0 Å². The molecule has 0 aliphatic carbocycles. The van der Waals surface area contributed by atoms with E-state index in [1.165, 1.54) is 18.2 Å². The molecule has 13 heteroatoms. The fraction of sp³-hybridized carbons (Fsp3) is 0.304. The Kier molecular flexibility index (Phi) is 8.21. The predicted molar refractivity (Wildman–Crippen MR) is 128 cm³/mol. The zero-order chi connectivity index (χ0) is 26.5. The molecule has 0 atom stereocenters. The van der Waals surface area contributed by atoms with Gasteiger partial charge in [0.2, 0.25) is 15.9 Å². The number of amides is 1. The first kappa shape index (κ1) is 27.0. The number of aromatic nitrogens is 1. The molecule has 1 aliphatic heterocycles. The molecule has 36 heavy (non-hydrogen) atoms. The van der Waals surface area contributed by atoms with E-state index in [0.717, 1.165) is 24.5 Å². The fourth-order valence-corrected chi connectivity index (χ4v) is 4.04. The Morgan fingerprint density at radius 3 is 2.58 bits per heavy atom. The molecule has 1 saturated heterocycles. The predicted octanol–water partition coefficient (Wildman–Crippen LogP) is 2.33. The summed E-state index contributed by atoms with van der Waals surface area (Å²) in [6.45, 7) is 1.93. The van der Waals surface area contributed by atoms with Crippen LogP contribution < -0.4 is 20.3 Å². The SMILES string of the molecule is C#Cc1cc(CNC(=O)/C=C/c2ccc(C(F)(F)F)nc2N2CCNCC2)cc(F)c1NS(C)(=O)=O. The minimum absolute atomic E-state index is 0.0447. The molecule has 1 aromatic carbocycles. The number of anilines is 2. The molecule has 1 aliphatic rings. The third-order valence-electron chi connectivity index (χ3n) is 5.09. The number of nitrogens with one attached hydrogen (secondary N) is 3. The molecule has 0 saturated carbocycles. The fourth-order valence-electron chi connectivity index (χ4n) is 3.46. The highest BCUT2D eigenvalue weighted by atomic mass is 32.2. The van der Waals surface area contributed by atoms with E-state index in [1.807, 2.05) is 4.72 Å². The van der Waals surface area contributed by atoms with Crippen LogP contribution in [-0.4, -0.2) is 51.7 Å². The highest BCUT2D eigenvalue weighted by molar-refractivity contribution is 7.92. The summed E-state index contributed by atoms with van der Waals surface area (Å²) in [6, 6.07) is 4.47. The molecule has 1 amide bonds. The van der Waals surface area contributed by atoms with Crippen LogP contribution in [-0.2, 0) is 27.5 Å². The van der Waals surface area contributed by atoms with E-state index in [-0.39, 0.29) is 29.2 Å². The summed E-state index contributed by atoms with van der Waals surface area (Å²) in [4.78, 5) is 17.8. The average Bonchev–Trinajstić information content (AvgIpc) is 2.82. The van der Waals surface area contributed by atoms with Crippen molar-refractivity contribution in [2.75, 3.05) is 42.1 Å². The van der Waals surface area contributed by atoms with Crippen LogP contribution in [0.1, 0.15) is 22.4 Å². The van der Waals surface area contributed by atoms with E-state index < -0.39 is 33.6 Å². The molecule has 1 aromatic heterocycles. The zero-order valence-electron chi connectivity index (χ0n) is 19.1. The van der Waals surface area contributed by atoms with E-state index in [1.54, 1.807) is 4.90 Å². The van der Waals surface area contributed by atoms with E-state index >= 15 is 0 Å². The lowest BCUT2D eigenvalue weighted by Crippen LogP contribution is -2.44. The van der Waals surface area contributed by atoms with Gasteiger partial charge in [-0.1, -0.05) is 5.92 Å². The molecule has 0 unspecified atom stereocenters. The van der Waals surface area contributed by atoms with Crippen molar-refractivity contribution in [3.63, 3.8) is 0 Å². The Labute approximate surface area is 205 Å².